The fraction of sp³-hybridized carbons (Fsp3) is 0.241. The molecule has 5 aromatic rings. The van der Waals surface area contributed by atoms with E-state index < -0.39 is 0 Å². The van der Waals surface area contributed by atoms with Crippen molar-refractivity contribution >= 4 is 38.0 Å². The van der Waals surface area contributed by atoms with Crippen molar-refractivity contribution in [1.29, 1.82) is 0 Å². The quantitative estimate of drug-likeness (QED) is 0.329. The SMILES string of the molecule is COc1ccc(NC2CCc3c(sc4ncn(Cc5ccc(OC)c6ccccc56)c(=O)c34)C2)cc1. The van der Waals surface area contributed by atoms with Crippen molar-refractivity contribution in [3.63, 3.8) is 0 Å². The number of hydrogen-bond donors (Lipinski definition) is 1. The summed E-state index contributed by atoms with van der Waals surface area (Å²) in [6.07, 6.45) is 4.43. The van der Waals surface area contributed by atoms with Gasteiger partial charge in [0.1, 0.15) is 16.3 Å². The molecule has 0 aliphatic heterocycles. The Kier molecular flexibility index (Phi) is 5.85. The van der Waals surface area contributed by atoms with Crippen LogP contribution in [0.15, 0.2) is 71.8 Å². The molecule has 182 valence electrons. The van der Waals surface area contributed by atoms with Gasteiger partial charge in [0.15, 0.2) is 0 Å². The molecule has 1 unspecified atom stereocenters. The van der Waals surface area contributed by atoms with Crippen molar-refractivity contribution in [2.45, 2.75) is 31.8 Å². The van der Waals surface area contributed by atoms with E-state index in [1.54, 1.807) is 36.5 Å². The van der Waals surface area contributed by atoms with Crippen LogP contribution in [0.5, 0.6) is 11.5 Å². The van der Waals surface area contributed by atoms with E-state index in [2.05, 4.69) is 11.4 Å². The highest BCUT2D eigenvalue weighted by Crippen LogP contribution is 2.35. The number of hydrogen-bond acceptors (Lipinski definition) is 6. The number of nitrogens with zero attached hydrogens (tertiary/aromatic N) is 2. The van der Waals surface area contributed by atoms with Crippen LogP contribution in [0.4, 0.5) is 5.69 Å². The third-order valence-electron chi connectivity index (χ3n) is 7.03. The molecule has 1 atom stereocenters. The number of thiophene rings is 1. The number of rotatable bonds is 6. The number of nitrogens with one attached hydrogen (secondary N) is 1. The summed E-state index contributed by atoms with van der Waals surface area (Å²) in [4.78, 5) is 20.4. The van der Waals surface area contributed by atoms with Crippen molar-refractivity contribution in [3.8, 4) is 11.5 Å². The molecule has 1 N–H and O–H groups in total. The number of methoxy groups -OCH3 is 2. The maximum Gasteiger partial charge on any atom is 0.262 e. The van der Waals surface area contributed by atoms with Crippen LogP contribution in [0.1, 0.15) is 22.4 Å². The Hall–Kier alpha value is -3.84. The van der Waals surface area contributed by atoms with Gasteiger partial charge in [0.05, 0.1) is 32.5 Å². The van der Waals surface area contributed by atoms with E-state index in [4.69, 9.17) is 14.5 Å². The van der Waals surface area contributed by atoms with Crippen molar-refractivity contribution < 1.29 is 9.47 Å². The zero-order valence-corrected chi connectivity index (χ0v) is 21.1. The molecule has 7 heteroatoms. The Morgan fingerprint density at radius 3 is 2.61 bits per heavy atom. The molecule has 0 fully saturated rings. The number of aryl methyl sites for hydroxylation is 1. The van der Waals surface area contributed by atoms with Crippen molar-refractivity contribution in [1.82, 2.24) is 9.55 Å². The molecule has 0 saturated heterocycles. The van der Waals surface area contributed by atoms with E-state index in [0.717, 1.165) is 63.0 Å². The second kappa shape index (κ2) is 9.32. The van der Waals surface area contributed by atoms with Gasteiger partial charge in [-0.1, -0.05) is 30.3 Å². The van der Waals surface area contributed by atoms with Crippen LogP contribution < -0.4 is 20.3 Å². The van der Waals surface area contributed by atoms with Crippen molar-refractivity contribution in [2.75, 3.05) is 19.5 Å². The van der Waals surface area contributed by atoms with Gasteiger partial charge in [0.2, 0.25) is 0 Å². The molecule has 3 aromatic carbocycles. The molecular weight excluding hydrogens is 470 g/mol. The van der Waals surface area contributed by atoms with E-state index in [0.29, 0.717) is 12.6 Å². The third kappa shape index (κ3) is 3.99. The van der Waals surface area contributed by atoms with Gasteiger partial charge in [0, 0.05) is 28.4 Å². The summed E-state index contributed by atoms with van der Waals surface area (Å²) in [7, 11) is 3.36. The molecule has 2 aromatic heterocycles. The van der Waals surface area contributed by atoms with E-state index in [9.17, 15) is 4.79 Å². The highest BCUT2D eigenvalue weighted by Gasteiger charge is 2.25. The second-order valence-corrected chi connectivity index (χ2v) is 10.2. The van der Waals surface area contributed by atoms with Gasteiger partial charge in [-0.25, -0.2) is 4.98 Å². The number of anilines is 1. The highest BCUT2D eigenvalue weighted by atomic mass is 32.1. The second-order valence-electron chi connectivity index (χ2n) is 9.15. The number of aromatic nitrogens is 2. The fourth-order valence-electron chi connectivity index (χ4n) is 5.19. The molecule has 1 aliphatic carbocycles. The molecule has 0 amide bonds. The Morgan fingerprint density at radius 2 is 1.83 bits per heavy atom. The van der Waals surface area contributed by atoms with Crippen LogP contribution in [0.3, 0.4) is 0 Å². The van der Waals surface area contributed by atoms with E-state index in [1.165, 1.54) is 10.4 Å². The van der Waals surface area contributed by atoms with Gasteiger partial charge in [-0.3, -0.25) is 9.36 Å². The van der Waals surface area contributed by atoms with Crippen LogP contribution in [-0.2, 0) is 19.4 Å². The van der Waals surface area contributed by atoms with E-state index in [1.807, 2.05) is 54.6 Å². The van der Waals surface area contributed by atoms with Crippen molar-refractivity contribution in [2.24, 2.45) is 0 Å². The summed E-state index contributed by atoms with van der Waals surface area (Å²) in [5.74, 6) is 1.68. The Morgan fingerprint density at radius 1 is 1.03 bits per heavy atom. The minimum atomic E-state index is 0.0407. The summed E-state index contributed by atoms with van der Waals surface area (Å²) in [6.45, 7) is 0.471. The first kappa shape index (κ1) is 22.6. The lowest BCUT2D eigenvalue weighted by Gasteiger charge is -2.24. The van der Waals surface area contributed by atoms with Crippen LogP contribution in [0.25, 0.3) is 21.0 Å². The first-order chi connectivity index (χ1) is 17.6. The molecule has 0 radical (unpaired) electrons. The normalized spacial score (nSPS) is 15.1. The Labute approximate surface area is 213 Å². The Bertz CT molecular complexity index is 1620. The zero-order valence-electron chi connectivity index (χ0n) is 20.3. The van der Waals surface area contributed by atoms with Gasteiger partial charge in [0.25, 0.3) is 5.56 Å². The lowest BCUT2D eigenvalue weighted by Crippen LogP contribution is -2.27. The monoisotopic (exact) mass is 497 g/mol. The largest absolute Gasteiger partial charge is 0.497 e. The smallest absolute Gasteiger partial charge is 0.262 e. The molecule has 1 aliphatic rings. The third-order valence-corrected chi connectivity index (χ3v) is 8.19. The lowest BCUT2D eigenvalue weighted by atomic mass is 9.93. The van der Waals surface area contributed by atoms with Crippen molar-refractivity contribution in [3.05, 3.63) is 93.3 Å². The minimum Gasteiger partial charge on any atom is -0.497 e. The predicted molar refractivity (Wildman–Crippen MR) is 146 cm³/mol. The first-order valence-corrected chi connectivity index (χ1v) is 12.9. The van der Waals surface area contributed by atoms with Gasteiger partial charge >= 0.3 is 0 Å². The molecule has 36 heavy (non-hydrogen) atoms. The lowest BCUT2D eigenvalue weighted by molar-refractivity contribution is 0.415. The number of ether oxygens (including phenoxy) is 2. The van der Waals surface area contributed by atoms with Gasteiger partial charge in [-0.15, -0.1) is 11.3 Å². The maximum atomic E-state index is 13.6. The van der Waals surface area contributed by atoms with Crippen LogP contribution in [0.2, 0.25) is 0 Å². The topological polar surface area (TPSA) is 65.4 Å². The number of fused-ring (bicyclic) bond motifs is 4. The molecule has 2 heterocycles. The van der Waals surface area contributed by atoms with Gasteiger partial charge in [-0.2, -0.15) is 0 Å². The summed E-state index contributed by atoms with van der Waals surface area (Å²) < 4.78 is 12.5. The molecular formula is C29H27N3O3S. The first-order valence-electron chi connectivity index (χ1n) is 12.1. The fourth-order valence-corrected chi connectivity index (χ4v) is 6.45. The average molecular weight is 498 g/mol. The Balaban J connectivity index is 1.29. The molecule has 0 saturated carbocycles. The number of benzene rings is 3. The minimum absolute atomic E-state index is 0.0407. The molecule has 0 bridgehead atoms. The highest BCUT2D eigenvalue weighted by molar-refractivity contribution is 7.18. The summed E-state index contributed by atoms with van der Waals surface area (Å²) in [5, 5.41) is 6.56. The molecule has 0 spiro atoms. The average Bonchev–Trinajstić information content (AvgIpc) is 3.29. The van der Waals surface area contributed by atoms with Gasteiger partial charge < -0.3 is 14.8 Å². The van der Waals surface area contributed by atoms with Gasteiger partial charge in [-0.05, 0) is 59.7 Å². The van der Waals surface area contributed by atoms with Crippen LogP contribution in [0, 0.1) is 0 Å². The van der Waals surface area contributed by atoms with Crippen LogP contribution in [-0.4, -0.2) is 29.8 Å². The molecule has 6 rings (SSSR count). The zero-order chi connectivity index (χ0) is 24.6. The van der Waals surface area contributed by atoms with E-state index >= 15 is 0 Å². The standard InChI is InChI=1S/C29H27N3O3S/c1-34-21-11-8-19(9-12-21)31-20-10-13-24-26(15-20)36-28-27(24)29(33)32(17-30-28)16-18-7-14-25(35-2)23-6-4-3-5-22(18)23/h3-9,11-12,14,17,20,31H,10,13,15-16H2,1-2H3. The molecule has 6 nitrogen and oxygen atoms in total. The summed E-state index contributed by atoms with van der Waals surface area (Å²) >= 11 is 1.66. The van der Waals surface area contributed by atoms with Crippen LogP contribution >= 0.6 is 11.3 Å². The predicted octanol–water partition coefficient (Wildman–Crippen LogP) is 5.65. The maximum absolute atomic E-state index is 13.6. The summed E-state index contributed by atoms with van der Waals surface area (Å²) in [6, 6.07) is 20.5. The van der Waals surface area contributed by atoms with E-state index in [-0.39, 0.29) is 5.56 Å². The summed E-state index contributed by atoms with van der Waals surface area (Å²) in [5.41, 5.74) is 3.37.